The first-order valence-corrected chi connectivity index (χ1v) is 9.73. The molecular formula is C26H18N4Pt. The molecule has 0 aliphatic heterocycles. The van der Waals surface area contributed by atoms with Crippen LogP contribution in [0.15, 0.2) is 79.3 Å². The van der Waals surface area contributed by atoms with Crippen LogP contribution in [0.1, 0.15) is 17.0 Å². The molecule has 5 heteroatoms. The van der Waals surface area contributed by atoms with E-state index in [1.54, 1.807) is 12.5 Å². The minimum absolute atomic E-state index is 0. The first kappa shape index (κ1) is 20.9. The Labute approximate surface area is 194 Å². The average molecular weight is 582 g/mol. The Hall–Kier alpha value is -3.36. The summed E-state index contributed by atoms with van der Waals surface area (Å²) >= 11 is 0. The third-order valence-electron chi connectivity index (χ3n) is 4.88. The van der Waals surface area contributed by atoms with Gasteiger partial charge in [-0.15, -0.1) is 41.3 Å². The molecule has 31 heavy (non-hydrogen) atoms. The number of hydrogen-bond acceptors (Lipinski definition) is 3. The van der Waals surface area contributed by atoms with E-state index in [0.29, 0.717) is 0 Å². The van der Waals surface area contributed by atoms with Crippen LogP contribution in [-0.2, 0) is 21.1 Å². The van der Waals surface area contributed by atoms with Crippen LogP contribution in [0.3, 0.4) is 0 Å². The average Bonchev–Trinajstić information content (AvgIpc) is 3.12. The Kier molecular flexibility index (Phi) is 6.20. The molecule has 3 heterocycles. The van der Waals surface area contributed by atoms with Gasteiger partial charge in [-0.3, -0.25) is 9.97 Å². The number of rotatable bonds is 3. The van der Waals surface area contributed by atoms with Gasteiger partial charge in [-0.25, -0.2) is 4.98 Å². The Morgan fingerprint density at radius 1 is 0.806 bits per heavy atom. The molecule has 0 aliphatic rings. The zero-order valence-electron chi connectivity index (χ0n) is 16.8. The van der Waals surface area contributed by atoms with Crippen LogP contribution in [0.2, 0.25) is 0 Å². The summed E-state index contributed by atoms with van der Waals surface area (Å²) in [6.07, 6.45) is 7.46. The van der Waals surface area contributed by atoms with Gasteiger partial charge in [-0.1, -0.05) is 42.0 Å². The SMILES string of the molecule is Cc1cc(-c2[c-]c(/C=c3\[n-]/c(=C\c4ccccn4)c4ccccc34)ccc2)ncn1.[Pt+2]. The first-order chi connectivity index (χ1) is 14.8. The fraction of sp³-hybridized carbons (Fsp3) is 0.0385. The zero-order chi connectivity index (χ0) is 20.3. The minimum atomic E-state index is 0. The molecule has 0 radical (unpaired) electrons. The maximum Gasteiger partial charge on any atom is 2.00 e. The maximum atomic E-state index is 4.90. The van der Waals surface area contributed by atoms with Crippen LogP contribution >= 0.6 is 0 Å². The van der Waals surface area contributed by atoms with Crippen molar-refractivity contribution in [3.63, 3.8) is 0 Å². The van der Waals surface area contributed by atoms with Gasteiger partial charge in [0.2, 0.25) is 0 Å². The van der Waals surface area contributed by atoms with Crippen LogP contribution in [0.4, 0.5) is 0 Å². The quantitative estimate of drug-likeness (QED) is 0.307. The standard InChI is InChI=1S/C26H18N4.Pt/c1-18-13-24(29-17-28-18)20-8-6-7-19(14-20)15-25-22-10-2-3-11-23(22)26(30-25)16-21-9-4-5-12-27-21;/h2-13,15-17H,1H3;/q-2;+2/b25-15-,26-16-;. The Bertz CT molecular complexity index is 1460. The molecule has 0 spiro atoms. The van der Waals surface area contributed by atoms with Crippen molar-refractivity contribution in [2.75, 3.05) is 0 Å². The summed E-state index contributed by atoms with van der Waals surface area (Å²) in [5.74, 6) is 0. The van der Waals surface area contributed by atoms with E-state index in [0.717, 1.165) is 49.7 Å². The predicted molar refractivity (Wildman–Crippen MR) is 119 cm³/mol. The topological polar surface area (TPSA) is 52.8 Å². The summed E-state index contributed by atoms with van der Waals surface area (Å²) in [7, 11) is 0. The molecule has 4 nitrogen and oxygen atoms in total. The summed E-state index contributed by atoms with van der Waals surface area (Å²) in [6, 6.07) is 25.6. The molecule has 0 fully saturated rings. The van der Waals surface area contributed by atoms with E-state index in [4.69, 9.17) is 4.98 Å². The van der Waals surface area contributed by atoms with Crippen LogP contribution in [0.25, 0.3) is 34.2 Å². The van der Waals surface area contributed by atoms with Crippen molar-refractivity contribution >= 4 is 22.9 Å². The minimum Gasteiger partial charge on any atom is -0.663 e. The number of aromatic nitrogens is 4. The van der Waals surface area contributed by atoms with Gasteiger partial charge in [-0.05, 0) is 35.9 Å². The molecule has 0 N–H and O–H groups in total. The van der Waals surface area contributed by atoms with E-state index in [1.807, 2.05) is 67.6 Å². The van der Waals surface area contributed by atoms with Crippen molar-refractivity contribution in [2.24, 2.45) is 0 Å². The molecule has 5 rings (SSSR count). The summed E-state index contributed by atoms with van der Waals surface area (Å²) in [4.78, 5) is 17.9. The van der Waals surface area contributed by atoms with E-state index in [-0.39, 0.29) is 21.1 Å². The normalized spacial score (nSPS) is 12.2. The van der Waals surface area contributed by atoms with E-state index >= 15 is 0 Å². The van der Waals surface area contributed by atoms with Crippen LogP contribution in [0, 0.1) is 13.0 Å². The second-order valence-electron chi connectivity index (χ2n) is 7.04. The van der Waals surface area contributed by atoms with Gasteiger partial charge in [0, 0.05) is 17.6 Å². The number of nitrogens with zero attached hydrogens (tertiary/aromatic N) is 4. The van der Waals surface area contributed by atoms with E-state index in [1.165, 1.54) is 0 Å². The van der Waals surface area contributed by atoms with Gasteiger partial charge < -0.3 is 4.98 Å². The molecule has 152 valence electrons. The van der Waals surface area contributed by atoms with Gasteiger partial charge in [0.1, 0.15) is 6.33 Å². The first-order valence-electron chi connectivity index (χ1n) is 9.73. The number of benzene rings is 2. The van der Waals surface area contributed by atoms with Crippen LogP contribution in [0.5, 0.6) is 0 Å². The second kappa shape index (κ2) is 9.19. The van der Waals surface area contributed by atoms with Crippen molar-refractivity contribution in [3.8, 4) is 11.3 Å². The van der Waals surface area contributed by atoms with Crippen molar-refractivity contribution in [1.29, 1.82) is 0 Å². The molecule has 2 aromatic carbocycles. The summed E-state index contributed by atoms with van der Waals surface area (Å²) in [6.45, 7) is 1.96. The van der Waals surface area contributed by atoms with Gasteiger partial charge in [0.05, 0.1) is 5.69 Å². The molecular weight excluding hydrogens is 563 g/mol. The largest absolute Gasteiger partial charge is 2.00 e. The molecule has 0 bridgehead atoms. The van der Waals surface area contributed by atoms with E-state index in [9.17, 15) is 0 Å². The smallest absolute Gasteiger partial charge is 0.663 e. The molecule has 3 aromatic heterocycles. The Balaban J connectivity index is 0.00000231. The van der Waals surface area contributed by atoms with Crippen LogP contribution in [-0.4, -0.2) is 15.0 Å². The maximum absolute atomic E-state index is 4.90. The summed E-state index contributed by atoms with van der Waals surface area (Å²) in [5, 5.41) is 4.05. The molecule has 5 aromatic rings. The van der Waals surface area contributed by atoms with Gasteiger partial charge >= 0.3 is 21.1 Å². The Morgan fingerprint density at radius 3 is 2.32 bits per heavy atom. The van der Waals surface area contributed by atoms with Crippen molar-refractivity contribution < 1.29 is 21.1 Å². The van der Waals surface area contributed by atoms with Gasteiger partial charge in [0.25, 0.3) is 0 Å². The predicted octanol–water partition coefficient (Wildman–Crippen LogP) is 3.41. The van der Waals surface area contributed by atoms with E-state index in [2.05, 4.69) is 39.2 Å². The molecule has 0 unspecified atom stereocenters. The molecule has 0 saturated heterocycles. The van der Waals surface area contributed by atoms with Crippen molar-refractivity contribution in [1.82, 2.24) is 19.9 Å². The third-order valence-corrected chi connectivity index (χ3v) is 4.88. The zero-order valence-corrected chi connectivity index (χ0v) is 19.0. The monoisotopic (exact) mass is 581 g/mol. The number of aryl methyl sites for hydroxylation is 1. The summed E-state index contributed by atoms with van der Waals surface area (Å²) < 4.78 is 0. The second-order valence-corrected chi connectivity index (χ2v) is 7.04. The number of fused-ring (bicyclic) bond motifs is 1. The van der Waals surface area contributed by atoms with Crippen molar-refractivity contribution in [2.45, 2.75) is 6.92 Å². The van der Waals surface area contributed by atoms with Crippen molar-refractivity contribution in [3.05, 3.63) is 113 Å². The number of hydrogen-bond donors (Lipinski definition) is 0. The number of pyridine rings is 1. The molecule has 0 amide bonds. The van der Waals surface area contributed by atoms with Crippen LogP contribution < -0.4 is 15.7 Å². The molecule has 0 saturated carbocycles. The fourth-order valence-corrected chi connectivity index (χ4v) is 3.47. The summed E-state index contributed by atoms with van der Waals surface area (Å²) in [5.41, 5.74) is 4.57. The third kappa shape index (κ3) is 4.55. The molecule has 0 atom stereocenters. The van der Waals surface area contributed by atoms with E-state index < -0.39 is 0 Å². The van der Waals surface area contributed by atoms with Gasteiger partial charge in [0.15, 0.2) is 0 Å². The van der Waals surface area contributed by atoms with Gasteiger partial charge in [-0.2, -0.15) is 5.35 Å². The Morgan fingerprint density at radius 2 is 1.58 bits per heavy atom. The molecule has 0 aliphatic carbocycles. The fourth-order valence-electron chi connectivity index (χ4n) is 3.47.